The number of imidazole rings is 1. The topological polar surface area (TPSA) is 63.5 Å². The molecule has 2 aliphatic rings. The monoisotopic (exact) mass is 347 g/mol. The summed E-state index contributed by atoms with van der Waals surface area (Å²) in [5.74, 6) is 1.17. The van der Waals surface area contributed by atoms with Gasteiger partial charge in [0.1, 0.15) is 0 Å². The van der Waals surface area contributed by atoms with Gasteiger partial charge in [-0.05, 0) is 6.42 Å². The van der Waals surface area contributed by atoms with Gasteiger partial charge in [-0.2, -0.15) is 0 Å². The molecular weight excluding hydrogens is 326 g/mol. The molecule has 4 rings (SSSR count). The third kappa shape index (κ3) is 2.91. The predicted octanol–water partition coefficient (Wildman–Crippen LogP) is 1.64. The zero-order valence-electron chi connectivity index (χ0n) is 13.7. The SMILES string of the molecule is CN1CC(n2ccnc2-c2cnc(N3CCOCC3)s2)CCC1=O. The molecule has 0 saturated carbocycles. The van der Waals surface area contributed by atoms with Crippen LogP contribution in [-0.2, 0) is 9.53 Å². The molecule has 2 aromatic heterocycles. The van der Waals surface area contributed by atoms with Crippen LogP contribution in [0, 0.1) is 0 Å². The average molecular weight is 347 g/mol. The summed E-state index contributed by atoms with van der Waals surface area (Å²) in [4.78, 5) is 26.0. The van der Waals surface area contributed by atoms with Crippen molar-refractivity contribution in [2.24, 2.45) is 0 Å². The van der Waals surface area contributed by atoms with Gasteiger partial charge in [-0.3, -0.25) is 4.79 Å². The van der Waals surface area contributed by atoms with E-state index < -0.39 is 0 Å². The number of anilines is 1. The Kier molecular flexibility index (Phi) is 4.24. The Balaban J connectivity index is 1.56. The smallest absolute Gasteiger partial charge is 0.222 e. The quantitative estimate of drug-likeness (QED) is 0.845. The number of ether oxygens (including phenoxy) is 1. The number of hydrogen-bond donors (Lipinski definition) is 0. The van der Waals surface area contributed by atoms with E-state index in [-0.39, 0.29) is 11.9 Å². The minimum atomic E-state index is 0.223. The first kappa shape index (κ1) is 15.6. The van der Waals surface area contributed by atoms with Crippen LogP contribution in [0.5, 0.6) is 0 Å². The maximum Gasteiger partial charge on any atom is 0.222 e. The van der Waals surface area contributed by atoms with E-state index >= 15 is 0 Å². The molecule has 1 amide bonds. The molecule has 0 radical (unpaired) electrons. The maximum absolute atomic E-state index is 11.7. The van der Waals surface area contributed by atoms with E-state index in [4.69, 9.17) is 4.74 Å². The van der Waals surface area contributed by atoms with Crippen LogP contribution in [0.25, 0.3) is 10.7 Å². The van der Waals surface area contributed by atoms with Crippen LogP contribution in [0.1, 0.15) is 18.9 Å². The number of aromatic nitrogens is 3. The Morgan fingerprint density at radius 2 is 2.12 bits per heavy atom. The lowest BCUT2D eigenvalue weighted by Crippen LogP contribution is -2.37. The molecule has 0 aromatic carbocycles. The molecule has 0 aliphatic carbocycles. The van der Waals surface area contributed by atoms with Gasteiger partial charge in [0.15, 0.2) is 11.0 Å². The van der Waals surface area contributed by atoms with Gasteiger partial charge < -0.3 is 19.1 Å². The standard InChI is InChI=1S/C16H21N5O2S/c1-19-11-12(2-3-14(19)22)21-5-4-17-15(21)13-10-18-16(24-13)20-6-8-23-9-7-20/h4-5,10,12H,2-3,6-9,11H2,1H3. The van der Waals surface area contributed by atoms with Gasteiger partial charge in [-0.15, -0.1) is 0 Å². The van der Waals surface area contributed by atoms with Crippen molar-refractivity contribution in [2.75, 3.05) is 44.8 Å². The number of likely N-dealkylation sites (N-methyl/N-ethyl adjacent to an activating group) is 1. The predicted molar refractivity (Wildman–Crippen MR) is 92.3 cm³/mol. The molecule has 8 heteroatoms. The van der Waals surface area contributed by atoms with Crippen LogP contribution in [0.15, 0.2) is 18.6 Å². The summed E-state index contributed by atoms with van der Waals surface area (Å²) in [6, 6.07) is 0.277. The minimum Gasteiger partial charge on any atom is -0.378 e. The minimum absolute atomic E-state index is 0.223. The van der Waals surface area contributed by atoms with Crippen LogP contribution in [0.3, 0.4) is 0 Å². The number of rotatable bonds is 3. The Morgan fingerprint density at radius 3 is 2.92 bits per heavy atom. The third-order valence-electron chi connectivity index (χ3n) is 4.66. The largest absolute Gasteiger partial charge is 0.378 e. The highest BCUT2D eigenvalue weighted by atomic mass is 32.1. The highest BCUT2D eigenvalue weighted by Crippen LogP contribution is 2.33. The van der Waals surface area contributed by atoms with Gasteiger partial charge in [0.05, 0.1) is 30.3 Å². The lowest BCUT2D eigenvalue weighted by molar-refractivity contribution is -0.132. The van der Waals surface area contributed by atoms with E-state index in [0.717, 1.165) is 55.1 Å². The number of amides is 1. The zero-order chi connectivity index (χ0) is 16.5. The molecule has 2 saturated heterocycles. The van der Waals surface area contributed by atoms with Gasteiger partial charge in [0.25, 0.3) is 0 Å². The maximum atomic E-state index is 11.7. The lowest BCUT2D eigenvalue weighted by Gasteiger charge is -2.31. The first-order chi connectivity index (χ1) is 11.7. The summed E-state index contributed by atoms with van der Waals surface area (Å²) < 4.78 is 7.60. The summed E-state index contributed by atoms with van der Waals surface area (Å²) in [7, 11) is 1.87. The van der Waals surface area contributed by atoms with E-state index in [0.29, 0.717) is 6.42 Å². The second-order valence-corrected chi connectivity index (χ2v) is 7.24. The Labute approximate surface area is 144 Å². The highest BCUT2D eigenvalue weighted by molar-refractivity contribution is 7.18. The Morgan fingerprint density at radius 1 is 1.29 bits per heavy atom. The summed E-state index contributed by atoms with van der Waals surface area (Å²) in [5.41, 5.74) is 0. The van der Waals surface area contributed by atoms with Crippen molar-refractivity contribution < 1.29 is 9.53 Å². The van der Waals surface area contributed by atoms with Crippen molar-refractivity contribution in [3.63, 3.8) is 0 Å². The fraction of sp³-hybridized carbons (Fsp3) is 0.562. The highest BCUT2D eigenvalue weighted by Gasteiger charge is 2.26. The van der Waals surface area contributed by atoms with Crippen LogP contribution in [0.2, 0.25) is 0 Å². The van der Waals surface area contributed by atoms with Gasteiger partial charge in [0.2, 0.25) is 5.91 Å². The molecule has 128 valence electrons. The van der Waals surface area contributed by atoms with Crippen LogP contribution in [0.4, 0.5) is 5.13 Å². The molecule has 2 aromatic rings. The Hall–Kier alpha value is -1.93. The lowest BCUT2D eigenvalue weighted by atomic mass is 10.1. The zero-order valence-corrected chi connectivity index (χ0v) is 14.5. The normalized spacial score (nSPS) is 22.2. The van der Waals surface area contributed by atoms with E-state index in [1.165, 1.54) is 0 Å². The van der Waals surface area contributed by atoms with Gasteiger partial charge in [0, 0.05) is 45.5 Å². The first-order valence-electron chi connectivity index (χ1n) is 8.28. The summed E-state index contributed by atoms with van der Waals surface area (Å²) in [6.07, 6.45) is 7.21. The fourth-order valence-electron chi connectivity index (χ4n) is 3.28. The second kappa shape index (κ2) is 6.52. The molecule has 24 heavy (non-hydrogen) atoms. The van der Waals surface area contributed by atoms with Crippen LogP contribution in [-0.4, -0.2) is 65.2 Å². The van der Waals surface area contributed by atoms with E-state index in [1.54, 1.807) is 11.3 Å². The molecular formula is C16H21N5O2S. The molecule has 1 unspecified atom stereocenters. The number of hydrogen-bond acceptors (Lipinski definition) is 6. The van der Waals surface area contributed by atoms with Crippen molar-refractivity contribution in [3.8, 4) is 10.7 Å². The van der Waals surface area contributed by atoms with Crippen LogP contribution >= 0.6 is 11.3 Å². The van der Waals surface area contributed by atoms with Crippen molar-refractivity contribution in [2.45, 2.75) is 18.9 Å². The Bertz CT molecular complexity index is 722. The number of nitrogens with zero attached hydrogens (tertiary/aromatic N) is 5. The fourth-order valence-corrected chi connectivity index (χ4v) is 4.25. The van der Waals surface area contributed by atoms with Crippen molar-refractivity contribution >= 4 is 22.4 Å². The molecule has 0 spiro atoms. The molecule has 7 nitrogen and oxygen atoms in total. The average Bonchev–Trinajstić information content (AvgIpc) is 3.27. The number of carbonyl (C=O) groups is 1. The van der Waals surface area contributed by atoms with E-state index in [2.05, 4.69) is 19.4 Å². The summed E-state index contributed by atoms with van der Waals surface area (Å²) in [5, 5.41) is 1.03. The van der Waals surface area contributed by atoms with E-state index in [9.17, 15) is 4.79 Å². The van der Waals surface area contributed by atoms with Crippen molar-refractivity contribution in [3.05, 3.63) is 18.6 Å². The number of likely N-dealkylation sites (tertiary alicyclic amines) is 1. The molecule has 0 N–H and O–H groups in total. The number of thiazole rings is 1. The van der Waals surface area contributed by atoms with Crippen LogP contribution < -0.4 is 4.90 Å². The molecule has 2 aliphatic heterocycles. The number of carbonyl (C=O) groups excluding carboxylic acids is 1. The first-order valence-corrected chi connectivity index (χ1v) is 9.10. The summed E-state index contributed by atoms with van der Waals surface area (Å²) in [6.45, 7) is 4.02. The number of morpholine rings is 1. The van der Waals surface area contributed by atoms with Crippen molar-refractivity contribution in [1.29, 1.82) is 0 Å². The van der Waals surface area contributed by atoms with E-state index in [1.807, 2.05) is 30.5 Å². The summed E-state index contributed by atoms with van der Waals surface area (Å²) >= 11 is 1.67. The third-order valence-corrected chi connectivity index (χ3v) is 5.71. The number of piperidine rings is 1. The molecule has 4 heterocycles. The molecule has 2 fully saturated rings. The van der Waals surface area contributed by atoms with Gasteiger partial charge >= 0.3 is 0 Å². The van der Waals surface area contributed by atoms with Gasteiger partial charge in [-0.25, -0.2) is 9.97 Å². The molecule has 1 atom stereocenters. The molecule has 0 bridgehead atoms. The van der Waals surface area contributed by atoms with Gasteiger partial charge in [-0.1, -0.05) is 11.3 Å². The second-order valence-electron chi connectivity index (χ2n) is 6.23. The van der Waals surface area contributed by atoms with Crippen molar-refractivity contribution in [1.82, 2.24) is 19.4 Å².